The van der Waals surface area contributed by atoms with Crippen LogP contribution in [0.5, 0.6) is 0 Å². The molecule has 0 fully saturated rings. The van der Waals surface area contributed by atoms with Crippen molar-refractivity contribution in [2.75, 3.05) is 40.9 Å². The van der Waals surface area contributed by atoms with Crippen molar-refractivity contribution in [1.29, 1.82) is 0 Å². The standard InChI is InChI=1S/C6H14O6.C5H11NO2/c7-1-3(9)5(11)6(12)4(10)2-8;1-6(2,3)4-5(7)8/h3-12H,1-2H2;4H2,1-3H3. The van der Waals surface area contributed by atoms with Crippen molar-refractivity contribution >= 4 is 5.97 Å². The number of quaternary nitrogens is 1. The van der Waals surface area contributed by atoms with Crippen LogP contribution in [-0.2, 0) is 4.79 Å². The summed E-state index contributed by atoms with van der Waals surface area (Å²) in [6.45, 7) is -1.38. The van der Waals surface area contributed by atoms with E-state index in [1.54, 1.807) is 21.1 Å². The summed E-state index contributed by atoms with van der Waals surface area (Å²) in [6, 6.07) is 0. The maximum Gasteiger partial charge on any atom is 0.118 e. The van der Waals surface area contributed by atoms with Gasteiger partial charge in [-0.15, -0.1) is 0 Å². The fraction of sp³-hybridized carbons (Fsp3) is 0.909. The molecular formula is C11H25NO8. The first-order chi connectivity index (χ1) is 8.96. The van der Waals surface area contributed by atoms with Crippen molar-refractivity contribution in [3.8, 4) is 0 Å². The molecule has 0 bridgehead atoms. The van der Waals surface area contributed by atoms with Crippen LogP contribution in [0.3, 0.4) is 0 Å². The highest BCUT2D eigenvalue weighted by atomic mass is 16.4. The van der Waals surface area contributed by atoms with Gasteiger partial charge in [0, 0.05) is 0 Å². The second kappa shape index (κ2) is 10.00. The molecule has 0 aliphatic rings. The van der Waals surface area contributed by atoms with Gasteiger partial charge in [-0.05, 0) is 0 Å². The SMILES string of the molecule is C[N+](C)(C)CC(=O)[O-].OCC(O)C(O)C(O)C(O)CO. The third kappa shape index (κ3) is 11.1. The van der Waals surface area contributed by atoms with Crippen LogP contribution in [0.4, 0.5) is 0 Å². The monoisotopic (exact) mass is 299 g/mol. The average molecular weight is 299 g/mol. The average Bonchev–Trinajstić information content (AvgIpc) is 2.32. The van der Waals surface area contributed by atoms with Crippen LogP contribution in [0.2, 0.25) is 0 Å². The van der Waals surface area contributed by atoms with Crippen molar-refractivity contribution in [3.63, 3.8) is 0 Å². The molecule has 9 heteroatoms. The number of carboxylic acids is 1. The molecule has 9 nitrogen and oxygen atoms in total. The minimum atomic E-state index is -1.67. The van der Waals surface area contributed by atoms with E-state index in [1.165, 1.54) is 0 Å². The van der Waals surface area contributed by atoms with Gasteiger partial charge in [-0.1, -0.05) is 0 Å². The molecule has 0 aliphatic carbocycles. The number of aliphatic carboxylic acids is 1. The maximum atomic E-state index is 9.89. The molecule has 4 atom stereocenters. The molecule has 0 aliphatic heterocycles. The Morgan fingerprint density at radius 2 is 1.25 bits per heavy atom. The minimum Gasteiger partial charge on any atom is -0.544 e. The summed E-state index contributed by atoms with van der Waals surface area (Å²) in [6.07, 6.45) is -6.39. The van der Waals surface area contributed by atoms with E-state index in [4.69, 9.17) is 30.6 Å². The van der Waals surface area contributed by atoms with Crippen molar-refractivity contribution in [1.82, 2.24) is 0 Å². The van der Waals surface area contributed by atoms with E-state index in [-0.39, 0.29) is 6.54 Å². The molecule has 0 spiro atoms. The van der Waals surface area contributed by atoms with E-state index in [9.17, 15) is 9.90 Å². The molecule has 0 aromatic carbocycles. The largest absolute Gasteiger partial charge is 0.544 e. The van der Waals surface area contributed by atoms with Crippen LogP contribution < -0.4 is 5.11 Å². The highest BCUT2D eigenvalue weighted by Gasteiger charge is 2.29. The topological polar surface area (TPSA) is 162 Å². The third-order valence-electron chi connectivity index (χ3n) is 2.12. The smallest absolute Gasteiger partial charge is 0.118 e. The Kier molecular flexibility index (Phi) is 10.7. The summed E-state index contributed by atoms with van der Waals surface area (Å²) in [5, 5.41) is 62.1. The predicted molar refractivity (Wildman–Crippen MR) is 66.1 cm³/mol. The molecule has 0 aromatic heterocycles. The van der Waals surface area contributed by atoms with E-state index >= 15 is 0 Å². The number of carboxylic acid groups (broad SMARTS) is 1. The van der Waals surface area contributed by atoms with Crippen molar-refractivity contribution in [3.05, 3.63) is 0 Å². The van der Waals surface area contributed by atoms with Gasteiger partial charge in [0.05, 0.1) is 40.3 Å². The Bertz CT molecular complexity index is 254. The predicted octanol–water partition coefficient (Wildman–Crippen LogP) is -5.14. The summed E-state index contributed by atoms with van der Waals surface area (Å²) in [4.78, 5) is 9.89. The van der Waals surface area contributed by atoms with E-state index in [2.05, 4.69) is 0 Å². The maximum absolute atomic E-state index is 9.89. The molecule has 20 heavy (non-hydrogen) atoms. The van der Waals surface area contributed by atoms with Gasteiger partial charge in [0.2, 0.25) is 0 Å². The number of rotatable bonds is 7. The Morgan fingerprint density at radius 1 is 0.950 bits per heavy atom. The molecule has 0 amide bonds. The van der Waals surface area contributed by atoms with Gasteiger partial charge in [-0.3, -0.25) is 0 Å². The van der Waals surface area contributed by atoms with Gasteiger partial charge in [0.25, 0.3) is 0 Å². The normalized spacial score (nSPS) is 17.4. The number of nitrogens with zero attached hydrogens (tertiary/aromatic N) is 1. The van der Waals surface area contributed by atoms with Gasteiger partial charge in [0.1, 0.15) is 31.0 Å². The lowest BCUT2D eigenvalue weighted by Crippen LogP contribution is -2.46. The number of likely N-dealkylation sites (N-methyl/N-ethyl adjacent to an activating group) is 1. The zero-order valence-corrected chi connectivity index (χ0v) is 11.9. The van der Waals surface area contributed by atoms with Crippen LogP contribution in [-0.4, -0.2) is 106 Å². The molecule has 0 rings (SSSR count). The van der Waals surface area contributed by atoms with Crippen LogP contribution in [0.1, 0.15) is 0 Å². The number of carbonyl (C=O) groups excluding carboxylic acids is 1. The van der Waals surface area contributed by atoms with Crippen LogP contribution in [0.25, 0.3) is 0 Å². The van der Waals surface area contributed by atoms with Gasteiger partial charge < -0.3 is 45.0 Å². The molecule has 0 aromatic rings. The molecule has 6 N–H and O–H groups in total. The first-order valence-corrected chi connectivity index (χ1v) is 5.90. The summed E-state index contributed by atoms with van der Waals surface area (Å²) < 4.78 is 0.419. The fourth-order valence-electron chi connectivity index (χ4n) is 1.06. The summed E-state index contributed by atoms with van der Waals surface area (Å²) >= 11 is 0. The Morgan fingerprint density at radius 3 is 1.35 bits per heavy atom. The molecule has 0 radical (unpaired) electrons. The number of hydrogen-bond donors (Lipinski definition) is 6. The number of aliphatic hydroxyl groups is 6. The first-order valence-electron chi connectivity index (χ1n) is 5.90. The summed E-state index contributed by atoms with van der Waals surface area (Å²) in [5.74, 6) is -1.00. The van der Waals surface area contributed by atoms with Crippen molar-refractivity contribution < 1.29 is 45.0 Å². The zero-order chi connectivity index (χ0) is 16.5. The van der Waals surface area contributed by atoms with Gasteiger partial charge >= 0.3 is 0 Å². The van der Waals surface area contributed by atoms with E-state index < -0.39 is 43.6 Å². The molecule has 4 unspecified atom stereocenters. The molecular weight excluding hydrogens is 274 g/mol. The minimum absolute atomic E-state index is 0.0694. The van der Waals surface area contributed by atoms with Crippen LogP contribution >= 0.6 is 0 Å². The van der Waals surface area contributed by atoms with Crippen LogP contribution in [0.15, 0.2) is 0 Å². The quantitative estimate of drug-likeness (QED) is 0.254. The van der Waals surface area contributed by atoms with E-state index in [0.717, 1.165) is 0 Å². The molecule has 122 valence electrons. The lowest BCUT2D eigenvalue weighted by molar-refractivity contribution is -0.864. The second-order valence-electron chi connectivity index (χ2n) is 5.30. The zero-order valence-electron chi connectivity index (χ0n) is 11.9. The summed E-state index contributed by atoms with van der Waals surface area (Å²) in [7, 11) is 5.40. The van der Waals surface area contributed by atoms with E-state index in [0.29, 0.717) is 4.48 Å². The molecule has 0 saturated heterocycles. The first kappa shape index (κ1) is 21.5. The number of carbonyl (C=O) groups is 1. The van der Waals surface area contributed by atoms with Gasteiger partial charge in [0.15, 0.2) is 0 Å². The van der Waals surface area contributed by atoms with Crippen molar-refractivity contribution in [2.24, 2.45) is 0 Å². The molecule has 0 heterocycles. The Balaban J connectivity index is 0. The number of aliphatic hydroxyl groups excluding tert-OH is 6. The lowest BCUT2D eigenvalue weighted by Gasteiger charge is -2.24. The Hall–Kier alpha value is -0.810. The highest BCUT2D eigenvalue weighted by Crippen LogP contribution is 2.04. The highest BCUT2D eigenvalue weighted by molar-refractivity contribution is 5.65. The van der Waals surface area contributed by atoms with E-state index in [1.807, 2.05) is 0 Å². The molecule has 0 saturated carbocycles. The lowest BCUT2D eigenvalue weighted by atomic mass is 10.0. The Labute approximate surface area is 117 Å². The summed E-state index contributed by atoms with van der Waals surface area (Å²) in [5.41, 5.74) is 0. The van der Waals surface area contributed by atoms with Crippen molar-refractivity contribution in [2.45, 2.75) is 24.4 Å². The number of hydrogen-bond acceptors (Lipinski definition) is 8. The van der Waals surface area contributed by atoms with Gasteiger partial charge in [-0.2, -0.15) is 0 Å². The third-order valence-corrected chi connectivity index (χ3v) is 2.12. The fourth-order valence-corrected chi connectivity index (χ4v) is 1.06. The second-order valence-corrected chi connectivity index (χ2v) is 5.30. The van der Waals surface area contributed by atoms with Gasteiger partial charge in [-0.25, -0.2) is 0 Å². The van der Waals surface area contributed by atoms with Crippen LogP contribution in [0, 0.1) is 0 Å².